The van der Waals surface area contributed by atoms with Crippen LogP contribution in [0.1, 0.15) is 30.7 Å². The number of allylic oxidation sites excluding steroid dienone is 1. The first-order valence-electron chi connectivity index (χ1n) is 4.70. The lowest BCUT2D eigenvalue weighted by Gasteiger charge is -2.10. The standard InChI is InChI=1S/C12H13F/c1-9-4-2-7-12(9)10-5-3-6-11(13)8-10/h3,5-6,8,12H,1-2,4,7H2. The minimum Gasteiger partial charge on any atom is -0.207 e. The van der Waals surface area contributed by atoms with Crippen LogP contribution >= 0.6 is 0 Å². The second-order valence-electron chi connectivity index (χ2n) is 3.66. The average Bonchev–Trinajstić information content (AvgIpc) is 2.51. The van der Waals surface area contributed by atoms with Gasteiger partial charge in [-0.2, -0.15) is 0 Å². The highest BCUT2D eigenvalue weighted by molar-refractivity contribution is 5.30. The van der Waals surface area contributed by atoms with Crippen molar-refractivity contribution in [3.8, 4) is 0 Å². The first kappa shape index (κ1) is 8.49. The maximum absolute atomic E-state index is 12.9. The predicted molar refractivity (Wildman–Crippen MR) is 52.1 cm³/mol. The van der Waals surface area contributed by atoms with Gasteiger partial charge < -0.3 is 0 Å². The Balaban J connectivity index is 2.29. The Labute approximate surface area is 78.1 Å². The second-order valence-corrected chi connectivity index (χ2v) is 3.66. The zero-order chi connectivity index (χ0) is 9.26. The summed E-state index contributed by atoms with van der Waals surface area (Å²) >= 11 is 0. The van der Waals surface area contributed by atoms with E-state index in [4.69, 9.17) is 0 Å². The van der Waals surface area contributed by atoms with Gasteiger partial charge in [0.2, 0.25) is 0 Å². The maximum atomic E-state index is 12.9. The topological polar surface area (TPSA) is 0 Å². The molecule has 1 saturated carbocycles. The zero-order valence-electron chi connectivity index (χ0n) is 7.59. The Hall–Kier alpha value is -1.11. The smallest absolute Gasteiger partial charge is 0.123 e. The van der Waals surface area contributed by atoms with Crippen molar-refractivity contribution in [3.63, 3.8) is 0 Å². The third-order valence-corrected chi connectivity index (χ3v) is 2.73. The van der Waals surface area contributed by atoms with Gasteiger partial charge in [0.05, 0.1) is 0 Å². The van der Waals surface area contributed by atoms with Crippen molar-refractivity contribution in [2.75, 3.05) is 0 Å². The van der Waals surface area contributed by atoms with Gasteiger partial charge in [-0.25, -0.2) is 4.39 Å². The maximum Gasteiger partial charge on any atom is 0.123 e. The minimum absolute atomic E-state index is 0.141. The number of benzene rings is 1. The largest absolute Gasteiger partial charge is 0.207 e. The predicted octanol–water partition coefficient (Wildman–Crippen LogP) is 3.65. The molecule has 1 aromatic rings. The summed E-state index contributed by atoms with van der Waals surface area (Å²) in [5, 5.41) is 0. The molecule has 1 aromatic carbocycles. The van der Waals surface area contributed by atoms with Crippen LogP contribution in [0, 0.1) is 5.82 Å². The lowest BCUT2D eigenvalue weighted by Crippen LogP contribution is -1.94. The van der Waals surface area contributed by atoms with E-state index in [1.54, 1.807) is 12.1 Å². The Morgan fingerprint density at radius 2 is 2.23 bits per heavy atom. The lowest BCUT2D eigenvalue weighted by atomic mass is 9.95. The van der Waals surface area contributed by atoms with E-state index < -0.39 is 0 Å². The summed E-state index contributed by atoms with van der Waals surface area (Å²) in [5.74, 6) is 0.257. The minimum atomic E-state index is -0.141. The van der Waals surface area contributed by atoms with Crippen molar-refractivity contribution in [1.82, 2.24) is 0 Å². The first-order valence-corrected chi connectivity index (χ1v) is 4.70. The van der Waals surface area contributed by atoms with E-state index in [9.17, 15) is 4.39 Å². The van der Waals surface area contributed by atoms with Gasteiger partial charge in [0.15, 0.2) is 0 Å². The van der Waals surface area contributed by atoms with Gasteiger partial charge in [0.1, 0.15) is 5.82 Å². The van der Waals surface area contributed by atoms with Gasteiger partial charge in [-0.3, -0.25) is 0 Å². The lowest BCUT2D eigenvalue weighted by molar-refractivity contribution is 0.623. The summed E-state index contributed by atoms with van der Waals surface area (Å²) in [7, 11) is 0. The van der Waals surface area contributed by atoms with Crippen LogP contribution in [0.25, 0.3) is 0 Å². The van der Waals surface area contributed by atoms with Crippen LogP contribution in [-0.4, -0.2) is 0 Å². The molecule has 0 nitrogen and oxygen atoms in total. The summed E-state index contributed by atoms with van der Waals surface area (Å²) in [6.07, 6.45) is 3.42. The molecule has 1 aliphatic carbocycles. The van der Waals surface area contributed by atoms with Crippen molar-refractivity contribution >= 4 is 0 Å². The Morgan fingerprint density at radius 3 is 2.85 bits per heavy atom. The van der Waals surface area contributed by atoms with E-state index in [1.165, 1.54) is 18.1 Å². The second kappa shape index (κ2) is 3.33. The Kier molecular flexibility index (Phi) is 2.17. The first-order chi connectivity index (χ1) is 6.27. The van der Waals surface area contributed by atoms with Crippen molar-refractivity contribution in [2.45, 2.75) is 25.2 Å². The molecule has 0 heterocycles. The van der Waals surface area contributed by atoms with Crippen molar-refractivity contribution < 1.29 is 4.39 Å². The highest BCUT2D eigenvalue weighted by Gasteiger charge is 2.20. The average molecular weight is 176 g/mol. The zero-order valence-corrected chi connectivity index (χ0v) is 7.59. The molecule has 0 saturated heterocycles. The van der Waals surface area contributed by atoms with Gasteiger partial charge in [-0.1, -0.05) is 24.3 Å². The molecule has 0 aliphatic heterocycles. The van der Waals surface area contributed by atoms with E-state index in [-0.39, 0.29) is 5.82 Å². The van der Waals surface area contributed by atoms with Gasteiger partial charge in [-0.05, 0) is 37.0 Å². The van der Waals surface area contributed by atoms with E-state index in [0.29, 0.717) is 5.92 Å². The van der Waals surface area contributed by atoms with Crippen molar-refractivity contribution in [2.24, 2.45) is 0 Å². The van der Waals surface area contributed by atoms with Gasteiger partial charge in [0.25, 0.3) is 0 Å². The molecule has 0 N–H and O–H groups in total. The van der Waals surface area contributed by atoms with E-state index in [0.717, 1.165) is 18.4 Å². The molecule has 0 radical (unpaired) electrons. The van der Waals surface area contributed by atoms with Crippen LogP contribution in [0.15, 0.2) is 36.4 Å². The summed E-state index contributed by atoms with van der Waals surface area (Å²) in [6.45, 7) is 4.02. The molecular formula is C12H13F. The number of rotatable bonds is 1. The van der Waals surface area contributed by atoms with Gasteiger partial charge in [0, 0.05) is 5.92 Å². The Morgan fingerprint density at radius 1 is 1.38 bits per heavy atom. The molecule has 1 aliphatic rings. The third-order valence-electron chi connectivity index (χ3n) is 2.73. The Bertz CT molecular complexity index is 328. The van der Waals surface area contributed by atoms with Crippen LogP contribution < -0.4 is 0 Å². The number of halogens is 1. The molecule has 1 atom stereocenters. The van der Waals surface area contributed by atoms with E-state index >= 15 is 0 Å². The summed E-state index contributed by atoms with van der Waals surface area (Å²) in [6, 6.07) is 6.88. The SMILES string of the molecule is C=C1CCCC1c1cccc(F)c1. The van der Waals surface area contributed by atoms with Crippen LogP contribution in [0.4, 0.5) is 4.39 Å². The van der Waals surface area contributed by atoms with Crippen LogP contribution in [-0.2, 0) is 0 Å². The number of hydrogen-bond acceptors (Lipinski definition) is 0. The number of hydrogen-bond donors (Lipinski definition) is 0. The molecule has 0 aromatic heterocycles. The van der Waals surface area contributed by atoms with Crippen molar-refractivity contribution in [3.05, 3.63) is 47.8 Å². The summed E-state index contributed by atoms with van der Waals surface area (Å²) in [4.78, 5) is 0. The van der Waals surface area contributed by atoms with Crippen LogP contribution in [0.2, 0.25) is 0 Å². The van der Waals surface area contributed by atoms with Crippen molar-refractivity contribution in [1.29, 1.82) is 0 Å². The highest BCUT2D eigenvalue weighted by atomic mass is 19.1. The highest BCUT2D eigenvalue weighted by Crippen LogP contribution is 2.37. The molecule has 1 heteroatoms. The molecule has 68 valence electrons. The molecule has 1 fully saturated rings. The molecule has 0 bridgehead atoms. The van der Waals surface area contributed by atoms with Gasteiger partial charge in [-0.15, -0.1) is 0 Å². The molecule has 0 amide bonds. The monoisotopic (exact) mass is 176 g/mol. The quantitative estimate of drug-likeness (QED) is 0.573. The van der Waals surface area contributed by atoms with Crippen LogP contribution in [0.3, 0.4) is 0 Å². The fraction of sp³-hybridized carbons (Fsp3) is 0.333. The normalized spacial score (nSPS) is 22.2. The molecule has 2 rings (SSSR count). The molecule has 0 spiro atoms. The van der Waals surface area contributed by atoms with E-state index in [2.05, 4.69) is 6.58 Å². The summed E-state index contributed by atoms with van der Waals surface area (Å²) < 4.78 is 12.9. The third kappa shape index (κ3) is 1.64. The molecular weight excluding hydrogens is 163 g/mol. The molecule has 13 heavy (non-hydrogen) atoms. The molecule has 1 unspecified atom stereocenters. The van der Waals surface area contributed by atoms with Crippen LogP contribution in [0.5, 0.6) is 0 Å². The van der Waals surface area contributed by atoms with Gasteiger partial charge >= 0.3 is 0 Å². The van der Waals surface area contributed by atoms with E-state index in [1.807, 2.05) is 6.07 Å². The summed E-state index contributed by atoms with van der Waals surface area (Å²) in [5.41, 5.74) is 2.34. The fourth-order valence-electron chi connectivity index (χ4n) is 2.04. The fourth-order valence-corrected chi connectivity index (χ4v) is 2.04.